The van der Waals surface area contributed by atoms with Crippen molar-refractivity contribution in [2.24, 2.45) is 11.1 Å². The van der Waals surface area contributed by atoms with Crippen molar-refractivity contribution in [3.63, 3.8) is 0 Å². The number of nitrogens with two attached hydrogens (primary N) is 1. The topological polar surface area (TPSA) is 61.6 Å². The summed E-state index contributed by atoms with van der Waals surface area (Å²) in [6.45, 7) is 1.73. The molecule has 0 aromatic carbocycles. The predicted octanol–water partition coefficient (Wildman–Crippen LogP) is -0.333. The second-order valence-electron chi connectivity index (χ2n) is 3.45. The van der Waals surface area contributed by atoms with Gasteiger partial charge < -0.3 is 15.2 Å². The summed E-state index contributed by atoms with van der Waals surface area (Å²) in [5.41, 5.74) is 4.90. The number of amides is 1. The zero-order valence-electron chi connectivity index (χ0n) is 6.91. The number of carbonyl (C=O) groups is 1. The van der Waals surface area contributed by atoms with Crippen molar-refractivity contribution >= 4 is 5.91 Å². The zero-order valence-corrected chi connectivity index (χ0v) is 6.91. The second-order valence-corrected chi connectivity index (χ2v) is 3.45. The molecule has 0 spiro atoms. The molecule has 4 heteroatoms. The average Bonchev–Trinajstić information content (AvgIpc) is 2.86. The van der Waals surface area contributed by atoms with E-state index in [-0.39, 0.29) is 17.4 Å². The number of primary amides is 1. The fourth-order valence-electron chi connectivity index (χ4n) is 1.67. The first kappa shape index (κ1) is 8.01. The molecule has 2 rings (SSSR count). The first-order chi connectivity index (χ1) is 5.76. The third-order valence-corrected chi connectivity index (χ3v) is 2.71. The van der Waals surface area contributed by atoms with Crippen LogP contribution in [0.5, 0.6) is 0 Å². The standard InChI is InChI=1S/C8H13NO3/c9-7(10)8(1-2-8)6-5-11-3-4-12-6/h6H,1-5H2,(H2,9,10). The van der Waals surface area contributed by atoms with Crippen LogP contribution in [0.15, 0.2) is 0 Å². The lowest BCUT2D eigenvalue weighted by atomic mass is 9.98. The number of carbonyl (C=O) groups excluding carboxylic acids is 1. The first-order valence-corrected chi connectivity index (χ1v) is 4.25. The van der Waals surface area contributed by atoms with Gasteiger partial charge in [0.25, 0.3) is 0 Å². The molecule has 0 aromatic rings. The van der Waals surface area contributed by atoms with Gasteiger partial charge in [0.2, 0.25) is 5.91 Å². The fourth-order valence-corrected chi connectivity index (χ4v) is 1.67. The van der Waals surface area contributed by atoms with Crippen molar-refractivity contribution in [3.05, 3.63) is 0 Å². The van der Waals surface area contributed by atoms with E-state index in [4.69, 9.17) is 15.2 Å². The summed E-state index contributed by atoms with van der Waals surface area (Å²) >= 11 is 0. The Morgan fingerprint density at radius 2 is 2.17 bits per heavy atom. The molecule has 0 radical (unpaired) electrons. The highest BCUT2D eigenvalue weighted by atomic mass is 16.6. The van der Waals surface area contributed by atoms with Gasteiger partial charge in [-0.2, -0.15) is 0 Å². The molecule has 0 aromatic heterocycles. The summed E-state index contributed by atoms with van der Waals surface area (Å²) in [6.07, 6.45) is 1.62. The van der Waals surface area contributed by atoms with Crippen LogP contribution in [0.4, 0.5) is 0 Å². The molecule has 1 unspecified atom stereocenters. The van der Waals surface area contributed by atoms with Crippen LogP contribution >= 0.6 is 0 Å². The Kier molecular flexibility index (Phi) is 1.81. The minimum Gasteiger partial charge on any atom is -0.376 e. The molecule has 1 heterocycles. The monoisotopic (exact) mass is 171 g/mol. The Balaban J connectivity index is 2.02. The summed E-state index contributed by atoms with van der Waals surface area (Å²) in [5, 5.41) is 0. The van der Waals surface area contributed by atoms with Crippen molar-refractivity contribution < 1.29 is 14.3 Å². The predicted molar refractivity (Wildman–Crippen MR) is 41.4 cm³/mol. The molecule has 1 amide bonds. The van der Waals surface area contributed by atoms with Gasteiger partial charge in [0, 0.05) is 0 Å². The molecular weight excluding hydrogens is 158 g/mol. The third kappa shape index (κ3) is 1.11. The van der Waals surface area contributed by atoms with Crippen LogP contribution in [0.1, 0.15) is 12.8 Å². The van der Waals surface area contributed by atoms with Gasteiger partial charge in [-0.15, -0.1) is 0 Å². The normalized spacial score (nSPS) is 32.8. The van der Waals surface area contributed by atoms with Crippen molar-refractivity contribution in [3.8, 4) is 0 Å². The van der Waals surface area contributed by atoms with E-state index >= 15 is 0 Å². The summed E-state index contributed by atoms with van der Waals surface area (Å²) < 4.78 is 10.7. The van der Waals surface area contributed by atoms with Gasteiger partial charge in [0.1, 0.15) is 0 Å². The van der Waals surface area contributed by atoms with E-state index in [0.29, 0.717) is 19.8 Å². The summed E-state index contributed by atoms with van der Waals surface area (Å²) in [7, 11) is 0. The average molecular weight is 171 g/mol. The van der Waals surface area contributed by atoms with Crippen molar-refractivity contribution in [2.75, 3.05) is 19.8 Å². The molecule has 1 saturated heterocycles. The smallest absolute Gasteiger partial charge is 0.226 e. The number of ether oxygens (including phenoxy) is 2. The van der Waals surface area contributed by atoms with Gasteiger partial charge in [0.15, 0.2) is 0 Å². The lowest BCUT2D eigenvalue weighted by Crippen LogP contribution is -2.43. The van der Waals surface area contributed by atoms with E-state index in [1.54, 1.807) is 0 Å². The highest BCUT2D eigenvalue weighted by Crippen LogP contribution is 2.50. The van der Waals surface area contributed by atoms with Crippen LogP contribution in [0.3, 0.4) is 0 Å². The molecule has 1 atom stereocenters. The largest absolute Gasteiger partial charge is 0.376 e. The van der Waals surface area contributed by atoms with E-state index < -0.39 is 0 Å². The minimum atomic E-state index is -0.388. The maximum absolute atomic E-state index is 11.1. The third-order valence-electron chi connectivity index (χ3n) is 2.71. The Hall–Kier alpha value is -0.610. The molecule has 0 bridgehead atoms. The van der Waals surface area contributed by atoms with Crippen LogP contribution in [0.2, 0.25) is 0 Å². The van der Waals surface area contributed by atoms with E-state index in [9.17, 15) is 4.79 Å². The van der Waals surface area contributed by atoms with Crippen molar-refractivity contribution in [2.45, 2.75) is 18.9 Å². The van der Waals surface area contributed by atoms with Gasteiger partial charge in [-0.1, -0.05) is 0 Å². The number of hydrogen-bond donors (Lipinski definition) is 1. The molecular formula is C8H13NO3. The van der Waals surface area contributed by atoms with Crippen molar-refractivity contribution in [1.29, 1.82) is 0 Å². The lowest BCUT2D eigenvalue weighted by Gasteiger charge is -2.28. The molecule has 12 heavy (non-hydrogen) atoms. The number of hydrogen-bond acceptors (Lipinski definition) is 3. The van der Waals surface area contributed by atoms with E-state index in [1.807, 2.05) is 0 Å². The molecule has 2 fully saturated rings. The van der Waals surface area contributed by atoms with Crippen LogP contribution in [-0.2, 0) is 14.3 Å². The van der Waals surface area contributed by atoms with Crippen LogP contribution in [0, 0.1) is 5.41 Å². The highest BCUT2D eigenvalue weighted by molar-refractivity contribution is 5.84. The quantitative estimate of drug-likeness (QED) is 0.618. The Morgan fingerprint density at radius 3 is 2.58 bits per heavy atom. The maximum Gasteiger partial charge on any atom is 0.226 e. The van der Waals surface area contributed by atoms with Crippen LogP contribution in [0.25, 0.3) is 0 Å². The molecule has 68 valence electrons. The fraction of sp³-hybridized carbons (Fsp3) is 0.875. The second kappa shape index (κ2) is 2.71. The molecule has 1 aliphatic carbocycles. The van der Waals surface area contributed by atoms with Crippen molar-refractivity contribution in [1.82, 2.24) is 0 Å². The molecule has 4 nitrogen and oxygen atoms in total. The highest BCUT2D eigenvalue weighted by Gasteiger charge is 2.55. The molecule has 1 aliphatic heterocycles. The Morgan fingerprint density at radius 1 is 1.42 bits per heavy atom. The lowest BCUT2D eigenvalue weighted by molar-refractivity contribution is -0.145. The van der Waals surface area contributed by atoms with Gasteiger partial charge in [-0.25, -0.2) is 0 Å². The summed E-state index contributed by atoms with van der Waals surface area (Å²) in [6, 6.07) is 0. The molecule has 2 N–H and O–H groups in total. The first-order valence-electron chi connectivity index (χ1n) is 4.25. The SMILES string of the molecule is NC(=O)C1(C2COCCO2)CC1. The van der Waals surface area contributed by atoms with E-state index in [2.05, 4.69) is 0 Å². The number of rotatable bonds is 2. The zero-order chi connectivity index (χ0) is 8.60. The van der Waals surface area contributed by atoms with E-state index in [1.165, 1.54) is 0 Å². The summed E-state index contributed by atoms with van der Waals surface area (Å²) in [4.78, 5) is 11.1. The maximum atomic E-state index is 11.1. The van der Waals surface area contributed by atoms with Gasteiger partial charge in [-0.05, 0) is 12.8 Å². The Labute approximate surface area is 71.0 Å². The van der Waals surface area contributed by atoms with E-state index in [0.717, 1.165) is 12.8 Å². The molecule has 1 saturated carbocycles. The van der Waals surface area contributed by atoms with Gasteiger partial charge in [-0.3, -0.25) is 4.79 Å². The summed E-state index contributed by atoms with van der Waals surface area (Å²) in [5.74, 6) is -0.238. The van der Waals surface area contributed by atoms with Gasteiger partial charge >= 0.3 is 0 Å². The Bertz CT molecular complexity index is 194. The molecule has 2 aliphatic rings. The van der Waals surface area contributed by atoms with Gasteiger partial charge in [0.05, 0.1) is 31.3 Å². The minimum absolute atomic E-state index is 0.0938. The van der Waals surface area contributed by atoms with Crippen LogP contribution in [-0.4, -0.2) is 31.8 Å². The van der Waals surface area contributed by atoms with Crippen LogP contribution < -0.4 is 5.73 Å².